The van der Waals surface area contributed by atoms with Gasteiger partial charge in [0.05, 0.1) is 17.0 Å². The van der Waals surface area contributed by atoms with Crippen LogP contribution in [0.25, 0.3) is 0 Å². The molecule has 0 bridgehead atoms. The van der Waals surface area contributed by atoms with Crippen molar-refractivity contribution in [3.63, 3.8) is 0 Å². The lowest BCUT2D eigenvalue weighted by atomic mass is 9.95. The van der Waals surface area contributed by atoms with Crippen molar-refractivity contribution in [1.82, 2.24) is 5.32 Å². The molecule has 0 saturated carbocycles. The number of imide groups is 1. The standard InChI is InChI=1S/C24H20N2O4/c1-2-19(15-7-4-3-5-8-15)22(27)25-16-9-6-10-17(13-16)30-18-11-12-20-21(14-18)24(29)26-23(20)28/h3-14,19H,2H2,1H3,(H,25,27)(H,26,28,29). The zero-order chi connectivity index (χ0) is 21.1. The van der Waals surface area contributed by atoms with E-state index >= 15 is 0 Å². The first-order valence-corrected chi connectivity index (χ1v) is 9.68. The molecule has 3 aromatic carbocycles. The summed E-state index contributed by atoms with van der Waals surface area (Å²) in [7, 11) is 0. The molecule has 6 nitrogen and oxygen atoms in total. The van der Waals surface area contributed by atoms with Gasteiger partial charge in [0.2, 0.25) is 5.91 Å². The number of carbonyl (C=O) groups is 3. The smallest absolute Gasteiger partial charge is 0.259 e. The molecular weight excluding hydrogens is 380 g/mol. The van der Waals surface area contributed by atoms with E-state index in [0.717, 1.165) is 5.56 Å². The van der Waals surface area contributed by atoms with Gasteiger partial charge in [-0.1, -0.05) is 43.3 Å². The summed E-state index contributed by atoms with van der Waals surface area (Å²) in [5, 5.41) is 5.20. The van der Waals surface area contributed by atoms with Crippen LogP contribution >= 0.6 is 0 Å². The van der Waals surface area contributed by atoms with Crippen molar-refractivity contribution in [2.24, 2.45) is 0 Å². The minimum Gasteiger partial charge on any atom is -0.457 e. The first kappa shape index (κ1) is 19.4. The highest BCUT2D eigenvalue weighted by molar-refractivity contribution is 6.21. The first-order valence-electron chi connectivity index (χ1n) is 9.68. The van der Waals surface area contributed by atoms with Crippen LogP contribution in [0.1, 0.15) is 45.5 Å². The number of anilines is 1. The number of ether oxygens (including phenoxy) is 1. The van der Waals surface area contributed by atoms with E-state index in [0.29, 0.717) is 29.2 Å². The van der Waals surface area contributed by atoms with Crippen molar-refractivity contribution in [2.75, 3.05) is 5.32 Å². The number of fused-ring (bicyclic) bond motifs is 1. The Kier molecular flexibility index (Phi) is 5.30. The van der Waals surface area contributed by atoms with Crippen molar-refractivity contribution >= 4 is 23.4 Å². The maximum absolute atomic E-state index is 12.8. The van der Waals surface area contributed by atoms with Crippen LogP contribution < -0.4 is 15.4 Å². The molecule has 0 spiro atoms. The highest BCUT2D eigenvalue weighted by Crippen LogP contribution is 2.28. The van der Waals surface area contributed by atoms with Crippen molar-refractivity contribution in [2.45, 2.75) is 19.3 Å². The number of hydrogen-bond donors (Lipinski definition) is 2. The van der Waals surface area contributed by atoms with Gasteiger partial charge in [-0.15, -0.1) is 0 Å². The number of carbonyl (C=O) groups excluding carboxylic acids is 3. The lowest BCUT2D eigenvalue weighted by Crippen LogP contribution is -2.20. The van der Waals surface area contributed by atoms with Crippen LogP contribution in [-0.2, 0) is 4.79 Å². The molecule has 0 radical (unpaired) electrons. The van der Waals surface area contributed by atoms with Gasteiger partial charge >= 0.3 is 0 Å². The summed E-state index contributed by atoms with van der Waals surface area (Å²) >= 11 is 0. The zero-order valence-corrected chi connectivity index (χ0v) is 16.3. The number of rotatable bonds is 6. The van der Waals surface area contributed by atoms with E-state index in [1.807, 2.05) is 37.3 Å². The SMILES string of the molecule is CCC(C(=O)Nc1cccc(Oc2ccc3c(c2)C(=O)NC3=O)c1)c1ccccc1. The third kappa shape index (κ3) is 3.93. The monoisotopic (exact) mass is 400 g/mol. The average molecular weight is 400 g/mol. The van der Waals surface area contributed by atoms with Crippen molar-refractivity contribution in [3.05, 3.63) is 89.5 Å². The minimum absolute atomic E-state index is 0.0893. The molecule has 150 valence electrons. The molecule has 0 fully saturated rings. The Bertz CT molecular complexity index is 1130. The van der Waals surface area contributed by atoms with Gasteiger partial charge in [0.25, 0.3) is 11.8 Å². The number of amides is 3. The maximum atomic E-state index is 12.8. The summed E-state index contributed by atoms with van der Waals surface area (Å²) in [6.07, 6.45) is 0.682. The highest BCUT2D eigenvalue weighted by atomic mass is 16.5. The summed E-state index contributed by atoms with van der Waals surface area (Å²) in [5.41, 5.74) is 2.20. The summed E-state index contributed by atoms with van der Waals surface area (Å²) in [5.74, 6) is -0.247. The van der Waals surface area contributed by atoms with Crippen molar-refractivity contribution in [1.29, 1.82) is 0 Å². The Morgan fingerprint density at radius 1 is 0.900 bits per heavy atom. The fraction of sp³-hybridized carbons (Fsp3) is 0.125. The third-order valence-electron chi connectivity index (χ3n) is 4.97. The number of hydrogen-bond acceptors (Lipinski definition) is 4. The zero-order valence-electron chi connectivity index (χ0n) is 16.3. The van der Waals surface area contributed by atoms with E-state index in [4.69, 9.17) is 4.74 Å². The van der Waals surface area contributed by atoms with E-state index in [9.17, 15) is 14.4 Å². The third-order valence-corrected chi connectivity index (χ3v) is 4.97. The molecule has 1 aliphatic rings. The second kappa shape index (κ2) is 8.21. The Morgan fingerprint density at radius 3 is 2.40 bits per heavy atom. The molecule has 3 aromatic rings. The molecule has 0 aliphatic carbocycles. The summed E-state index contributed by atoms with van der Waals surface area (Å²) < 4.78 is 5.84. The predicted octanol–water partition coefficient (Wildman–Crippen LogP) is 4.49. The molecule has 30 heavy (non-hydrogen) atoms. The molecule has 2 N–H and O–H groups in total. The van der Waals surface area contributed by atoms with Crippen LogP contribution in [0.5, 0.6) is 11.5 Å². The second-order valence-corrected chi connectivity index (χ2v) is 6.98. The van der Waals surface area contributed by atoms with Crippen LogP contribution in [0.2, 0.25) is 0 Å². The van der Waals surface area contributed by atoms with E-state index in [2.05, 4.69) is 10.6 Å². The highest BCUT2D eigenvalue weighted by Gasteiger charge is 2.27. The van der Waals surface area contributed by atoms with Crippen LogP contribution in [0.4, 0.5) is 5.69 Å². The van der Waals surface area contributed by atoms with Gasteiger partial charge < -0.3 is 10.1 Å². The maximum Gasteiger partial charge on any atom is 0.259 e. The Morgan fingerprint density at radius 2 is 1.63 bits per heavy atom. The number of nitrogens with one attached hydrogen (secondary N) is 2. The fourth-order valence-corrected chi connectivity index (χ4v) is 3.47. The molecule has 1 heterocycles. The molecule has 1 unspecified atom stereocenters. The average Bonchev–Trinajstić information content (AvgIpc) is 3.03. The molecular formula is C24H20N2O4. The Hall–Kier alpha value is -3.93. The molecule has 0 aromatic heterocycles. The summed E-state index contributed by atoms with van der Waals surface area (Å²) in [6.45, 7) is 1.98. The van der Waals surface area contributed by atoms with Crippen LogP contribution in [0, 0.1) is 0 Å². The van der Waals surface area contributed by atoms with E-state index < -0.39 is 11.8 Å². The van der Waals surface area contributed by atoms with Crippen LogP contribution in [-0.4, -0.2) is 17.7 Å². The topological polar surface area (TPSA) is 84.5 Å². The molecule has 0 saturated heterocycles. The van der Waals surface area contributed by atoms with Crippen molar-refractivity contribution in [3.8, 4) is 11.5 Å². The second-order valence-electron chi connectivity index (χ2n) is 6.98. The Labute approximate surface area is 173 Å². The van der Waals surface area contributed by atoms with E-state index in [-0.39, 0.29) is 17.4 Å². The summed E-state index contributed by atoms with van der Waals surface area (Å²) in [6, 6.07) is 21.4. The number of benzene rings is 3. The van der Waals surface area contributed by atoms with E-state index in [1.54, 1.807) is 36.4 Å². The minimum atomic E-state index is -0.437. The lowest BCUT2D eigenvalue weighted by molar-refractivity contribution is -0.117. The molecule has 4 rings (SSSR count). The first-order chi connectivity index (χ1) is 14.5. The lowest BCUT2D eigenvalue weighted by Gasteiger charge is -2.16. The van der Waals surface area contributed by atoms with Gasteiger partial charge in [0.15, 0.2) is 0 Å². The van der Waals surface area contributed by atoms with Gasteiger partial charge in [-0.05, 0) is 42.3 Å². The van der Waals surface area contributed by atoms with Gasteiger partial charge in [0.1, 0.15) is 11.5 Å². The normalized spacial score (nSPS) is 13.4. The molecule has 3 amide bonds. The summed E-state index contributed by atoms with van der Waals surface area (Å²) in [4.78, 5) is 36.3. The van der Waals surface area contributed by atoms with E-state index in [1.165, 1.54) is 6.07 Å². The molecule has 6 heteroatoms. The van der Waals surface area contributed by atoms with Crippen LogP contribution in [0.15, 0.2) is 72.8 Å². The molecule has 1 atom stereocenters. The van der Waals surface area contributed by atoms with Gasteiger partial charge in [-0.3, -0.25) is 19.7 Å². The van der Waals surface area contributed by atoms with Gasteiger partial charge in [0, 0.05) is 11.8 Å². The molecule has 1 aliphatic heterocycles. The van der Waals surface area contributed by atoms with Crippen LogP contribution in [0.3, 0.4) is 0 Å². The van der Waals surface area contributed by atoms with Gasteiger partial charge in [-0.2, -0.15) is 0 Å². The van der Waals surface area contributed by atoms with Crippen molar-refractivity contribution < 1.29 is 19.1 Å². The Balaban J connectivity index is 1.49. The predicted molar refractivity (Wildman–Crippen MR) is 113 cm³/mol. The largest absolute Gasteiger partial charge is 0.457 e. The quantitative estimate of drug-likeness (QED) is 0.597. The van der Waals surface area contributed by atoms with Gasteiger partial charge in [-0.25, -0.2) is 0 Å². The fourth-order valence-electron chi connectivity index (χ4n) is 3.47.